The molecule has 2 aromatic heterocycles. The molecule has 0 unspecified atom stereocenters. The van der Waals surface area contributed by atoms with Crippen molar-refractivity contribution in [3.8, 4) is 11.3 Å². The van der Waals surface area contributed by atoms with E-state index in [4.69, 9.17) is 10.5 Å². The van der Waals surface area contributed by atoms with Crippen LogP contribution in [0, 0.1) is 0 Å². The first-order chi connectivity index (χ1) is 12.5. The Balaban J connectivity index is 1.80. The van der Waals surface area contributed by atoms with Crippen molar-refractivity contribution in [3.63, 3.8) is 0 Å². The number of esters is 1. The van der Waals surface area contributed by atoms with Crippen molar-refractivity contribution < 1.29 is 9.53 Å². The predicted octanol–water partition coefficient (Wildman–Crippen LogP) is 1.28. The van der Waals surface area contributed by atoms with E-state index in [2.05, 4.69) is 20.1 Å². The maximum absolute atomic E-state index is 12.5. The largest absolute Gasteiger partial charge is 0.454 e. The first-order valence-electron chi connectivity index (χ1n) is 7.88. The van der Waals surface area contributed by atoms with Gasteiger partial charge in [-0.25, -0.2) is 4.79 Å². The first kappa shape index (κ1) is 17.3. The molecule has 1 aromatic carbocycles. The zero-order valence-electron chi connectivity index (χ0n) is 14.7. The highest BCUT2D eigenvalue weighted by atomic mass is 16.5. The number of benzene rings is 1. The fourth-order valence-electron chi connectivity index (χ4n) is 2.42. The summed E-state index contributed by atoms with van der Waals surface area (Å²) in [5.41, 5.74) is 7.60. The zero-order chi connectivity index (χ0) is 18.7. The van der Waals surface area contributed by atoms with Gasteiger partial charge in [0.15, 0.2) is 12.4 Å². The van der Waals surface area contributed by atoms with E-state index in [1.54, 1.807) is 30.7 Å². The lowest BCUT2D eigenvalue weighted by molar-refractivity contribution is 0.0463. The molecule has 0 radical (unpaired) electrons. The Bertz CT molecular complexity index is 922. The molecule has 0 aliphatic carbocycles. The summed E-state index contributed by atoms with van der Waals surface area (Å²) < 4.78 is 7.00. The van der Waals surface area contributed by atoms with Crippen LogP contribution in [-0.2, 0) is 18.4 Å². The summed E-state index contributed by atoms with van der Waals surface area (Å²) in [5, 5.41) is 4.17. The van der Waals surface area contributed by atoms with Gasteiger partial charge in [-0.3, -0.25) is 4.68 Å². The minimum Gasteiger partial charge on any atom is -0.454 e. The molecule has 0 saturated heterocycles. The number of aromatic nitrogens is 5. The number of ether oxygens (including phenoxy) is 1. The lowest BCUT2D eigenvalue weighted by atomic mass is 10.1. The monoisotopic (exact) mass is 353 g/mol. The summed E-state index contributed by atoms with van der Waals surface area (Å²) in [5.74, 6) is 0.234. The average Bonchev–Trinajstić information content (AvgIpc) is 3.01. The number of nitrogens with zero attached hydrogens (tertiary/aromatic N) is 6. The van der Waals surface area contributed by atoms with Crippen LogP contribution in [0.4, 0.5) is 11.9 Å². The minimum atomic E-state index is -0.512. The number of carbonyl (C=O) groups is 1. The third-order valence-electron chi connectivity index (χ3n) is 3.63. The van der Waals surface area contributed by atoms with Crippen LogP contribution in [-0.4, -0.2) is 44.8 Å². The van der Waals surface area contributed by atoms with Crippen molar-refractivity contribution in [2.24, 2.45) is 7.05 Å². The van der Waals surface area contributed by atoms with Crippen LogP contribution in [0.2, 0.25) is 0 Å². The van der Waals surface area contributed by atoms with Gasteiger partial charge in [0, 0.05) is 26.7 Å². The van der Waals surface area contributed by atoms with E-state index in [0.717, 1.165) is 5.56 Å². The lowest BCUT2D eigenvalue weighted by Crippen LogP contribution is -2.17. The smallest absolute Gasteiger partial charge is 0.342 e. The highest BCUT2D eigenvalue weighted by Crippen LogP contribution is 2.23. The van der Waals surface area contributed by atoms with Crippen LogP contribution in [0.1, 0.15) is 16.2 Å². The number of rotatable bonds is 5. The quantitative estimate of drug-likeness (QED) is 0.683. The van der Waals surface area contributed by atoms with Gasteiger partial charge in [0.1, 0.15) is 5.56 Å². The van der Waals surface area contributed by atoms with Gasteiger partial charge >= 0.3 is 5.97 Å². The molecule has 26 heavy (non-hydrogen) atoms. The summed E-state index contributed by atoms with van der Waals surface area (Å²) in [7, 11) is 5.34. The minimum absolute atomic E-state index is 0.0705. The molecule has 0 aliphatic rings. The van der Waals surface area contributed by atoms with Gasteiger partial charge in [-0.1, -0.05) is 30.3 Å². The van der Waals surface area contributed by atoms with Gasteiger partial charge in [-0.15, -0.1) is 0 Å². The highest BCUT2D eigenvalue weighted by Gasteiger charge is 2.19. The van der Waals surface area contributed by atoms with Crippen molar-refractivity contribution >= 4 is 17.9 Å². The Kier molecular flexibility index (Phi) is 4.78. The molecule has 0 bridgehead atoms. The van der Waals surface area contributed by atoms with E-state index < -0.39 is 5.97 Å². The van der Waals surface area contributed by atoms with Crippen molar-refractivity contribution in [1.29, 1.82) is 0 Å². The Morgan fingerprint density at radius 1 is 1.19 bits per heavy atom. The normalized spacial score (nSPS) is 10.6. The number of hydrogen-bond donors (Lipinski definition) is 1. The second-order valence-electron chi connectivity index (χ2n) is 5.78. The number of hydrogen-bond acceptors (Lipinski definition) is 8. The summed E-state index contributed by atoms with van der Waals surface area (Å²) in [6.07, 6.45) is 1.48. The summed E-state index contributed by atoms with van der Waals surface area (Å²) in [6, 6.07) is 9.51. The fraction of sp³-hybridized carbons (Fsp3) is 0.235. The molecule has 0 amide bonds. The van der Waals surface area contributed by atoms with Crippen LogP contribution in [0.15, 0.2) is 36.5 Å². The molecule has 9 heteroatoms. The molecule has 134 valence electrons. The molecule has 0 fully saturated rings. The van der Waals surface area contributed by atoms with Gasteiger partial charge in [0.25, 0.3) is 0 Å². The highest BCUT2D eigenvalue weighted by molar-refractivity contribution is 5.96. The summed E-state index contributed by atoms with van der Waals surface area (Å²) >= 11 is 0. The number of anilines is 2. The second-order valence-corrected chi connectivity index (χ2v) is 5.78. The number of nitrogen functional groups attached to an aromatic ring is 1. The van der Waals surface area contributed by atoms with E-state index >= 15 is 0 Å². The Morgan fingerprint density at radius 2 is 1.92 bits per heavy atom. The molecule has 9 nitrogen and oxygen atoms in total. The molecule has 0 aliphatic heterocycles. The van der Waals surface area contributed by atoms with E-state index in [1.165, 1.54) is 6.20 Å². The van der Waals surface area contributed by atoms with Crippen molar-refractivity contribution in [3.05, 3.63) is 47.9 Å². The molecule has 3 aromatic rings. The second kappa shape index (κ2) is 7.18. The molecule has 2 heterocycles. The lowest BCUT2D eigenvalue weighted by Gasteiger charge is -2.11. The van der Waals surface area contributed by atoms with Crippen molar-refractivity contribution in [1.82, 2.24) is 24.7 Å². The standard InChI is InChI=1S/C17H19N7O2/c1-23(2)17-21-13(20-16(18)22-17)10-26-15(25)12-9-19-24(3)14(12)11-7-5-4-6-8-11/h4-9H,10H2,1-3H3,(H2,18,20,21,22). The molecular weight excluding hydrogens is 334 g/mol. The molecule has 0 saturated carbocycles. The number of nitrogens with two attached hydrogens (primary N) is 1. The maximum atomic E-state index is 12.5. The van der Waals surface area contributed by atoms with Crippen LogP contribution in [0.3, 0.4) is 0 Å². The topological polar surface area (TPSA) is 112 Å². The maximum Gasteiger partial charge on any atom is 0.342 e. The van der Waals surface area contributed by atoms with Crippen molar-refractivity contribution in [2.75, 3.05) is 24.7 Å². The first-order valence-corrected chi connectivity index (χ1v) is 7.88. The van der Waals surface area contributed by atoms with Gasteiger partial charge in [0.2, 0.25) is 11.9 Å². The van der Waals surface area contributed by atoms with Gasteiger partial charge in [0.05, 0.1) is 11.9 Å². The summed E-state index contributed by atoms with van der Waals surface area (Å²) in [6.45, 7) is -0.116. The fourth-order valence-corrected chi connectivity index (χ4v) is 2.42. The van der Waals surface area contributed by atoms with E-state index in [-0.39, 0.29) is 18.4 Å². The SMILES string of the molecule is CN(C)c1nc(N)nc(COC(=O)c2cnn(C)c2-c2ccccc2)n1. The van der Waals surface area contributed by atoms with E-state index in [1.807, 2.05) is 30.3 Å². The van der Waals surface area contributed by atoms with Crippen molar-refractivity contribution in [2.45, 2.75) is 6.61 Å². The van der Waals surface area contributed by atoms with Gasteiger partial charge in [-0.2, -0.15) is 20.1 Å². The number of carbonyl (C=O) groups excluding carboxylic acids is 1. The predicted molar refractivity (Wildman–Crippen MR) is 96.3 cm³/mol. The van der Waals surface area contributed by atoms with Gasteiger partial charge < -0.3 is 15.4 Å². The third kappa shape index (κ3) is 3.61. The van der Waals surface area contributed by atoms with E-state index in [9.17, 15) is 4.79 Å². The molecular formula is C17H19N7O2. The molecule has 0 atom stereocenters. The number of aryl methyl sites for hydroxylation is 1. The Morgan fingerprint density at radius 3 is 2.62 bits per heavy atom. The third-order valence-corrected chi connectivity index (χ3v) is 3.63. The molecule has 2 N–H and O–H groups in total. The Hall–Kier alpha value is -3.49. The molecule has 0 spiro atoms. The van der Waals surface area contributed by atoms with Crippen LogP contribution in [0.25, 0.3) is 11.3 Å². The average molecular weight is 353 g/mol. The van der Waals surface area contributed by atoms with E-state index in [0.29, 0.717) is 17.2 Å². The zero-order valence-corrected chi connectivity index (χ0v) is 14.7. The van der Waals surface area contributed by atoms with Crippen LogP contribution < -0.4 is 10.6 Å². The van der Waals surface area contributed by atoms with Crippen LogP contribution in [0.5, 0.6) is 0 Å². The summed E-state index contributed by atoms with van der Waals surface area (Å²) in [4.78, 5) is 26.4. The van der Waals surface area contributed by atoms with Gasteiger partial charge in [-0.05, 0) is 0 Å². The Labute approximate surface area is 150 Å². The molecule has 3 rings (SSSR count). The van der Waals surface area contributed by atoms with Crippen LogP contribution >= 0.6 is 0 Å².